The Morgan fingerprint density at radius 3 is 2.30 bits per heavy atom. The zero-order valence-electron chi connectivity index (χ0n) is 10.6. The first-order valence-corrected chi connectivity index (χ1v) is 7.63. The highest BCUT2D eigenvalue weighted by Gasteiger charge is 2.16. The van der Waals surface area contributed by atoms with Gasteiger partial charge < -0.3 is 5.32 Å². The highest BCUT2D eigenvalue weighted by Crippen LogP contribution is 2.21. The first-order valence-electron chi connectivity index (χ1n) is 5.74. The van der Waals surface area contributed by atoms with E-state index in [1.165, 1.54) is 30.3 Å². The number of nitrogens with one attached hydrogen (secondary N) is 1. The number of rotatable bonds is 3. The molecule has 0 atom stereocenters. The lowest BCUT2D eigenvalue weighted by Gasteiger charge is -2.10. The van der Waals surface area contributed by atoms with Crippen LogP contribution in [0.2, 0.25) is 0 Å². The van der Waals surface area contributed by atoms with Crippen LogP contribution < -0.4 is 5.32 Å². The van der Waals surface area contributed by atoms with Gasteiger partial charge in [0, 0.05) is 6.26 Å². The predicted octanol–water partition coefficient (Wildman–Crippen LogP) is 2.48. The van der Waals surface area contributed by atoms with Gasteiger partial charge in [0.05, 0.1) is 16.1 Å². The normalized spacial score (nSPS) is 11.1. The SMILES string of the molecule is CS(=O)(=O)c1ccccc1NC(=O)c1ccccc1F. The Morgan fingerprint density at radius 2 is 1.65 bits per heavy atom. The molecule has 0 saturated heterocycles. The molecule has 4 nitrogen and oxygen atoms in total. The Morgan fingerprint density at radius 1 is 1.05 bits per heavy atom. The molecule has 0 aliphatic carbocycles. The second-order valence-corrected chi connectivity index (χ2v) is 6.19. The number of halogens is 1. The van der Waals surface area contributed by atoms with Crippen LogP contribution in [0.4, 0.5) is 10.1 Å². The third-order valence-electron chi connectivity index (χ3n) is 2.65. The van der Waals surface area contributed by atoms with Crippen molar-refractivity contribution in [2.45, 2.75) is 4.90 Å². The molecule has 0 aliphatic heterocycles. The standard InChI is InChI=1S/C14H12FNO3S/c1-20(18,19)13-9-5-4-8-12(13)16-14(17)10-6-2-3-7-11(10)15/h2-9H,1H3,(H,16,17). The third kappa shape index (κ3) is 3.03. The summed E-state index contributed by atoms with van der Waals surface area (Å²) in [6.45, 7) is 0. The fraction of sp³-hybridized carbons (Fsp3) is 0.0714. The van der Waals surface area contributed by atoms with Gasteiger partial charge >= 0.3 is 0 Å². The van der Waals surface area contributed by atoms with Crippen LogP contribution in [0.5, 0.6) is 0 Å². The van der Waals surface area contributed by atoms with Crippen molar-refractivity contribution in [1.29, 1.82) is 0 Å². The quantitative estimate of drug-likeness (QED) is 0.945. The minimum absolute atomic E-state index is 0.00955. The molecule has 0 aromatic heterocycles. The Labute approximate surface area is 116 Å². The Hall–Kier alpha value is -2.21. The molecule has 0 bridgehead atoms. The van der Waals surface area contributed by atoms with Crippen LogP contribution in [0.25, 0.3) is 0 Å². The van der Waals surface area contributed by atoms with Crippen molar-refractivity contribution in [3.63, 3.8) is 0 Å². The van der Waals surface area contributed by atoms with E-state index in [0.717, 1.165) is 12.3 Å². The molecular formula is C14H12FNO3S. The van der Waals surface area contributed by atoms with Crippen LogP contribution in [-0.2, 0) is 9.84 Å². The van der Waals surface area contributed by atoms with E-state index in [0.29, 0.717) is 0 Å². The Balaban J connectivity index is 2.37. The number of sulfone groups is 1. The molecule has 2 aromatic rings. The molecule has 6 heteroatoms. The molecule has 0 saturated carbocycles. The molecule has 1 amide bonds. The highest BCUT2D eigenvalue weighted by atomic mass is 32.2. The van der Waals surface area contributed by atoms with Gasteiger partial charge in [-0.2, -0.15) is 0 Å². The van der Waals surface area contributed by atoms with Crippen LogP contribution in [0.3, 0.4) is 0 Å². The maximum atomic E-state index is 13.5. The van der Waals surface area contributed by atoms with Crippen LogP contribution in [0, 0.1) is 5.82 Å². The first-order chi connectivity index (χ1) is 9.39. The zero-order chi connectivity index (χ0) is 14.8. The lowest BCUT2D eigenvalue weighted by atomic mass is 10.2. The smallest absolute Gasteiger partial charge is 0.258 e. The maximum absolute atomic E-state index is 13.5. The van der Waals surface area contributed by atoms with Crippen LogP contribution in [-0.4, -0.2) is 20.6 Å². The van der Waals surface area contributed by atoms with Gasteiger partial charge in [0.25, 0.3) is 5.91 Å². The summed E-state index contributed by atoms with van der Waals surface area (Å²) in [6, 6.07) is 11.5. The van der Waals surface area contributed by atoms with Crippen molar-refractivity contribution in [3.8, 4) is 0 Å². The highest BCUT2D eigenvalue weighted by molar-refractivity contribution is 7.90. The number of amides is 1. The topological polar surface area (TPSA) is 63.2 Å². The predicted molar refractivity (Wildman–Crippen MR) is 73.9 cm³/mol. The van der Waals surface area contributed by atoms with E-state index in [2.05, 4.69) is 5.32 Å². The molecule has 0 aliphatic rings. The van der Waals surface area contributed by atoms with Gasteiger partial charge in [0.1, 0.15) is 5.82 Å². The first kappa shape index (κ1) is 14.2. The van der Waals surface area contributed by atoms with E-state index in [-0.39, 0.29) is 16.1 Å². The summed E-state index contributed by atoms with van der Waals surface area (Å²) in [4.78, 5) is 12.0. The fourth-order valence-corrected chi connectivity index (χ4v) is 2.57. The summed E-state index contributed by atoms with van der Waals surface area (Å²) in [5, 5.41) is 2.42. The van der Waals surface area contributed by atoms with Crippen molar-refractivity contribution in [2.24, 2.45) is 0 Å². The van der Waals surface area contributed by atoms with Gasteiger partial charge in [-0.15, -0.1) is 0 Å². The number of carbonyl (C=O) groups excluding carboxylic acids is 1. The van der Waals surface area contributed by atoms with Gasteiger partial charge in [-0.1, -0.05) is 24.3 Å². The summed E-state index contributed by atoms with van der Waals surface area (Å²) >= 11 is 0. The van der Waals surface area contributed by atoms with E-state index < -0.39 is 21.6 Å². The second-order valence-electron chi connectivity index (χ2n) is 4.20. The molecule has 20 heavy (non-hydrogen) atoms. The van der Waals surface area contributed by atoms with Gasteiger partial charge in [-0.25, -0.2) is 12.8 Å². The lowest BCUT2D eigenvalue weighted by Crippen LogP contribution is -2.15. The van der Waals surface area contributed by atoms with Crippen molar-refractivity contribution < 1.29 is 17.6 Å². The minimum atomic E-state index is -3.48. The fourth-order valence-electron chi connectivity index (χ4n) is 1.73. The minimum Gasteiger partial charge on any atom is -0.321 e. The number of hydrogen-bond acceptors (Lipinski definition) is 3. The van der Waals surface area contributed by atoms with Crippen molar-refractivity contribution in [1.82, 2.24) is 0 Å². The molecule has 104 valence electrons. The molecule has 0 heterocycles. The van der Waals surface area contributed by atoms with Gasteiger partial charge in [0.2, 0.25) is 0 Å². The van der Waals surface area contributed by atoms with Crippen molar-refractivity contribution in [2.75, 3.05) is 11.6 Å². The molecule has 1 N–H and O–H groups in total. The number of hydrogen-bond donors (Lipinski definition) is 1. The number of anilines is 1. The Kier molecular flexibility index (Phi) is 3.85. The molecule has 0 radical (unpaired) electrons. The molecule has 2 aromatic carbocycles. The summed E-state index contributed by atoms with van der Waals surface area (Å²) < 4.78 is 36.7. The van der Waals surface area contributed by atoms with Crippen LogP contribution in [0.15, 0.2) is 53.4 Å². The van der Waals surface area contributed by atoms with Gasteiger partial charge in [-0.05, 0) is 24.3 Å². The lowest BCUT2D eigenvalue weighted by molar-refractivity contribution is 0.102. The number of para-hydroxylation sites is 1. The molecule has 0 spiro atoms. The molecular weight excluding hydrogens is 281 g/mol. The van der Waals surface area contributed by atoms with E-state index in [9.17, 15) is 17.6 Å². The number of carbonyl (C=O) groups is 1. The van der Waals surface area contributed by atoms with E-state index >= 15 is 0 Å². The van der Waals surface area contributed by atoms with Crippen LogP contribution in [0.1, 0.15) is 10.4 Å². The summed E-state index contributed by atoms with van der Waals surface area (Å²) in [5.41, 5.74) is -0.0148. The van der Waals surface area contributed by atoms with E-state index in [4.69, 9.17) is 0 Å². The molecule has 2 rings (SSSR count). The van der Waals surface area contributed by atoms with Gasteiger partial charge in [0.15, 0.2) is 9.84 Å². The molecule has 0 unspecified atom stereocenters. The zero-order valence-corrected chi connectivity index (χ0v) is 11.4. The summed E-state index contributed by atoms with van der Waals surface area (Å²) in [5.74, 6) is -1.36. The molecule has 0 fully saturated rings. The summed E-state index contributed by atoms with van der Waals surface area (Å²) in [7, 11) is -3.48. The summed E-state index contributed by atoms with van der Waals surface area (Å²) in [6.07, 6.45) is 1.04. The van der Waals surface area contributed by atoms with Crippen LogP contribution >= 0.6 is 0 Å². The second kappa shape index (κ2) is 5.42. The van der Waals surface area contributed by atoms with E-state index in [1.54, 1.807) is 12.1 Å². The van der Waals surface area contributed by atoms with Gasteiger partial charge in [-0.3, -0.25) is 4.79 Å². The maximum Gasteiger partial charge on any atom is 0.258 e. The average Bonchev–Trinajstić information content (AvgIpc) is 2.38. The monoisotopic (exact) mass is 293 g/mol. The van der Waals surface area contributed by atoms with E-state index in [1.807, 2.05) is 0 Å². The largest absolute Gasteiger partial charge is 0.321 e. The third-order valence-corrected chi connectivity index (χ3v) is 3.81. The van der Waals surface area contributed by atoms with Crippen molar-refractivity contribution >= 4 is 21.4 Å². The van der Waals surface area contributed by atoms with Crippen molar-refractivity contribution in [3.05, 3.63) is 59.9 Å². The average molecular weight is 293 g/mol. The number of benzene rings is 2. The Bertz CT molecular complexity index is 757.